The van der Waals surface area contributed by atoms with E-state index < -0.39 is 5.60 Å². The van der Waals surface area contributed by atoms with E-state index in [1.807, 2.05) is 33.8 Å². The number of aromatic nitrogens is 2. The second-order valence-electron chi connectivity index (χ2n) is 9.21. The number of rotatable bonds is 2. The van der Waals surface area contributed by atoms with Crippen LogP contribution in [0.2, 0.25) is 0 Å². The van der Waals surface area contributed by atoms with Crippen LogP contribution in [0.25, 0.3) is 16.6 Å². The minimum absolute atomic E-state index is 0.126. The lowest BCUT2D eigenvalue weighted by molar-refractivity contribution is 0.0205. The van der Waals surface area contributed by atoms with Gasteiger partial charge < -0.3 is 9.64 Å². The Morgan fingerprint density at radius 1 is 1.13 bits per heavy atom. The summed E-state index contributed by atoms with van der Waals surface area (Å²) in [5, 5.41) is 3.12. The van der Waals surface area contributed by atoms with E-state index >= 15 is 0 Å². The SMILES string of the molecule is Cc1[nH]n2c(=O)cc(C3CCN(C(=O)OC(C)(C)C)CC3)cc2c1-c1ccc(F)cc1. The highest BCUT2D eigenvalue weighted by atomic mass is 19.1. The van der Waals surface area contributed by atoms with Crippen LogP contribution < -0.4 is 5.56 Å². The minimum Gasteiger partial charge on any atom is -0.444 e. The molecule has 1 aromatic carbocycles. The van der Waals surface area contributed by atoms with Crippen molar-refractivity contribution in [3.8, 4) is 11.1 Å². The molecular formula is C24H28FN3O3. The summed E-state index contributed by atoms with van der Waals surface area (Å²) in [6.45, 7) is 8.67. The fourth-order valence-corrected chi connectivity index (χ4v) is 4.24. The first-order chi connectivity index (χ1) is 14.6. The molecule has 1 fully saturated rings. The van der Waals surface area contributed by atoms with Crippen molar-refractivity contribution in [1.82, 2.24) is 14.5 Å². The van der Waals surface area contributed by atoms with Gasteiger partial charge in [-0.3, -0.25) is 9.89 Å². The van der Waals surface area contributed by atoms with Crippen LogP contribution in [0.15, 0.2) is 41.2 Å². The number of H-pyrrole nitrogens is 1. The van der Waals surface area contributed by atoms with Gasteiger partial charge in [-0.25, -0.2) is 13.7 Å². The van der Waals surface area contributed by atoms with Gasteiger partial charge in [0, 0.05) is 30.4 Å². The number of carbonyl (C=O) groups is 1. The zero-order valence-corrected chi connectivity index (χ0v) is 18.4. The molecule has 1 amide bonds. The maximum Gasteiger partial charge on any atom is 0.410 e. The Kier molecular flexibility index (Phi) is 5.37. The summed E-state index contributed by atoms with van der Waals surface area (Å²) in [5.41, 5.74) is 3.70. The number of likely N-dealkylation sites (tertiary alicyclic amines) is 1. The Labute approximate surface area is 180 Å². The predicted molar refractivity (Wildman–Crippen MR) is 118 cm³/mol. The molecular weight excluding hydrogens is 397 g/mol. The highest BCUT2D eigenvalue weighted by Gasteiger charge is 2.28. The monoisotopic (exact) mass is 425 g/mol. The Hall–Kier alpha value is -3.09. The number of hydrogen-bond acceptors (Lipinski definition) is 3. The van der Waals surface area contributed by atoms with Crippen LogP contribution in [0, 0.1) is 12.7 Å². The highest BCUT2D eigenvalue weighted by molar-refractivity contribution is 5.82. The van der Waals surface area contributed by atoms with E-state index in [9.17, 15) is 14.0 Å². The topological polar surface area (TPSA) is 66.8 Å². The zero-order valence-electron chi connectivity index (χ0n) is 18.4. The second kappa shape index (κ2) is 7.87. The van der Waals surface area contributed by atoms with Crippen LogP contribution in [0.1, 0.15) is 50.8 Å². The Bertz CT molecular complexity index is 1160. The number of nitrogens with one attached hydrogen (secondary N) is 1. The molecule has 164 valence electrons. The van der Waals surface area contributed by atoms with Gasteiger partial charge in [-0.15, -0.1) is 0 Å². The van der Waals surface area contributed by atoms with Gasteiger partial charge in [0.25, 0.3) is 5.56 Å². The lowest BCUT2D eigenvalue weighted by atomic mass is 9.89. The van der Waals surface area contributed by atoms with Gasteiger partial charge in [-0.1, -0.05) is 12.1 Å². The van der Waals surface area contributed by atoms with Gasteiger partial charge in [0.2, 0.25) is 0 Å². The molecule has 0 unspecified atom stereocenters. The van der Waals surface area contributed by atoms with Gasteiger partial charge in [-0.05, 0) is 75.8 Å². The Morgan fingerprint density at radius 3 is 2.39 bits per heavy atom. The summed E-state index contributed by atoms with van der Waals surface area (Å²) in [7, 11) is 0. The molecule has 0 spiro atoms. The molecule has 3 aromatic rings. The van der Waals surface area contributed by atoms with Crippen molar-refractivity contribution in [3.63, 3.8) is 0 Å². The summed E-state index contributed by atoms with van der Waals surface area (Å²) in [4.78, 5) is 26.9. The molecule has 0 atom stereocenters. The van der Waals surface area contributed by atoms with E-state index in [0.717, 1.165) is 40.7 Å². The number of fused-ring (bicyclic) bond motifs is 1. The van der Waals surface area contributed by atoms with E-state index in [2.05, 4.69) is 5.10 Å². The highest BCUT2D eigenvalue weighted by Crippen LogP contribution is 2.32. The molecule has 7 heteroatoms. The molecule has 2 aromatic heterocycles. The minimum atomic E-state index is -0.517. The summed E-state index contributed by atoms with van der Waals surface area (Å²) in [6, 6.07) is 10.0. The van der Waals surface area contributed by atoms with Crippen LogP contribution in [0.5, 0.6) is 0 Å². The van der Waals surface area contributed by atoms with Crippen molar-refractivity contribution in [1.29, 1.82) is 0 Å². The van der Waals surface area contributed by atoms with E-state index in [-0.39, 0.29) is 23.4 Å². The number of carbonyl (C=O) groups excluding carboxylic acids is 1. The average Bonchev–Trinajstić information content (AvgIpc) is 3.04. The van der Waals surface area contributed by atoms with Crippen LogP contribution in [-0.2, 0) is 4.74 Å². The number of piperidine rings is 1. The van der Waals surface area contributed by atoms with Crippen molar-refractivity contribution in [2.24, 2.45) is 0 Å². The molecule has 31 heavy (non-hydrogen) atoms. The van der Waals surface area contributed by atoms with E-state index in [0.29, 0.717) is 13.1 Å². The molecule has 0 saturated carbocycles. The van der Waals surface area contributed by atoms with Crippen molar-refractivity contribution in [2.45, 2.75) is 52.1 Å². The van der Waals surface area contributed by atoms with Crippen molar-refractivity contribution < 1.29 is 13.9 Å². The van der Waals surface area contributed by atoms with E-state index in [1.54, 1.807) is 23.1 Å². The molecule has 4 rings (SSSR count). The number of benzene rings is 1. The maximum absolute atomic E-state index is 13.4. The number of halogens is 1. The summed E-state index contributed by atoms with van der Waals surface area (Å²) >= 11 is 0. The molecule has 1 saturated heterocycles. The smallest absolute Gasteiger partial charge is 0.410 e. The number of aryl methyl sites for hydroxylation is 1. The first kappa shape index (κ1) is 21.2. The largest absolute Gasteiger partial charge is 0.444 e. The molecule has 0 bridgehead atoms. The predicted octanol–water partition coefficient (Wildman–Crippen LogP) is 4.86. The average molecular weight is 426 g/mol. The van der Waals surface area contributed by atoms with Crippen LogP contribution in [-0.4, -0.2) is 39.3 Å². The molecule has 6 nitrogen and oxygen atoms in total. The van der Waals surface area contributed by atoms with Gasteiger partial charge >= 0.3 is 6.09 Å². The lowest BCUT2D eigenvalue weighted by Crippen LogP contribution is -2.41. The van der Waals surface area contributed by atoms with Crippen LogP contribution in [0.4, 0.5) is 9.18 Å². The fourth-order valence-electron chi connectivity index (χ4n) is 4.24. The molecule has 0 radical (unpaired) electrons. The van der Waals surface area contributed by atoms with Gasteiger partial charge in [-0.2, -0.15) is 0 Å². The third kappa shape index (κ3) is 4.36. The second-order valence-corrected chi connectivity index (χ2v) is 9.21. The van der Waals surface area contributed by atoms with E-state index in [4.69, 9.17) is 4.74 Å². The molecule has 1 aliphatic rings. The van der Waals surface area contributed by atoms with E-state index in [1.165, 1.54) is 16.6 Å². The summed E-state index contributed by atoms with van der Waals surface area (Å²) in [5.74, 6) is -0.108. The first-order valence-electron chi connectivity index (χ1n) is 10.6. The number of amides is 1. The lowest BCUT2D eigenvalue weighted by Gasteiger charge is -2.33. The van der Waals surface area contributed by atoms with Gasteiger partial charge in [0.1, 0.15) is 11.4 Å². The van der Waals surface area contributed by atoms with Crippen LogP contribution in [0.3, 0.4) is 0 Å². The summed E-state index contributed by atoms with van der Waals surface area (Å²) < 4.78 is 20.4. The fraction of sp³-hybridized carbons (Fsp3) is 0.417. The summed E-state index contributed by atoms with van der Waals surface area (Å²) in [6.07, 6.45) is 1.25. The third-order valence-electron chi connectivity index (χ3n) is 5.72. The standard InChI is InChI=1S/C24H28FN3O3/c1-15-22(17-5-7-19(25)8-6-17)20-13-18(14-21(29)28(20)26-15)16-9-11-27(12-10-16)23(30)31-24(2,3)4/h5-8,13-14,16,26H,9-12H2,1-4H3. The van der Waals surface area contributed by atoms with Crippen molar-refractivity contribution in [2.75, 3.05) is 13.1 Å². The molecule has 3 heterocycles. The molecule has 1 aliphatic heterocycles. The maximum atomic E-state index is 13.4. The number of ether oxygens (including phenoxy) is 1. The number of pyridine rings is 1. The number of hydrogen-bond donors (Lipinski definition) is 1. The normalized spacial score (nSPS) is 15.5. The zero-order chi connectivity index (χ0) is 22.3. The molecule has 0 aliphatic carbocycles. The van der Waals surface area contributed by atoms with Crippen molar-refractivity contribution >= 4 is 11.6 Å². The van der Waals surface area contributed by atoms with Crippen LogP contribution >= 0.6 is 0 Å². The van der Waals surface area contributed by atoms with Gasteiger partial charge in [0.15, 0.2) is 0 Å². The quantitative estimate of drug-likeness (QED) is 0.638. The first-order valence-corrected chi connectivity index (χ1v) is 10.6. The molecule has 1 N–H and O–H groups in total. The Balaban J connectivity index is 1.61. The Morgan fingerprint density at radius 2 is 1.77 bits per heavy atom. The van der Waals surface area contributed by atoms with Crippen molar-refractivity contribution in [3.05, 3.63) is 63.8 Å². The third-order valence-corrected chi connectivity index (χ3v) is 5.72. The number of nitrogens with zero attached hydrogens (tertiary/aromatic N) is 2. The van der Waals surface area contributed by atoms with Gasteiger partial charge in [0.05, 0.1) is 5.52 Å². The number of aromatic amines is 1.